The van der Waals surface area contributed by atoms with Gasteiger partial charge in [0.1, 0.15) is 13.2 Å². The molecule has 11 heteroatoms. The summed E-state index contributed by atoms with van der Waals surface area (Å²) < 4.78 is 25.7. The lowest BCUT2D eigenvalue weighted by atomic mass is 10.2. The Hall–Kier alpha value is -2.92. The van der Waals surface area contributed by atoms with Crippen LogP contribution in [0.15, 0.2) is 18.2 Å². The van der Waals surface area contributed by atoms with Gasteiger partial charge in [-0.25, -0.2) is 4.79 Å². The zero-order valence-corrected chi connectivity index (χ0v) is 18.4. The second-order valence-corrected chi connectivity index (χ2v) is 5.51. The standard InChI is InChI=1S/C18H25NO10.C2H6/c1-3-4-17(20)29-15-6-5-14(13-16(15)24-2)18(21)27-11-9-25-7-8-26-10-12-28-19(22)23;1-2/h5-6,13H,3-4,7-12H2,1-2H3;1-2H3. The maximum absolute atomic E-state index is 12.1. The Morgan fingerprint density at radius 1 is 0.968 bits per heavy atom. The van der Waals surface area contributed by atoms with E-state index in [4.69, 9.17) is 23.7 Å². The van der Waals surface area contributed by atoms with Crippen molar-refractivity contribution < 1.29 is 43.2 Å². The molecule has 0 radical (unpaired) electrons. The average Bonchev–Trinajstić information content (AvgIpc) is 2.76. The predicted octanol–water partition coefficient (Wildman–Crippen LogP) is 2.83. The fourth-order valence-electron chi connectivity index (χ4n) is 2.03. The Bertz CT molecular complexity index is 665. The van der Waals surface area contributed by atoms with Crippen LogP contribution in [0.3, 0.4) is 0 Å². The normalized spacial score (nSPS) is 9.81. The van der Waals surface area contributed by atoms with Crippen LogP contribution in [0.2, 0.25) is 0 Å². The van der Waals surface area contributed by atoms with Crippen molar-refractivity contribution >= 4 is 11.9 Å². The van der Waals surface area contributed by atoms with Crippen molar-refractivity contribution in [3.05, 3.63) is 33.9 Å². The Morgan fingerprint density at radius 2 is 1.58 bits per heavy atom. The largest absolute Gasteiger partial charge is 0.493 e. The zero-order chi connectivity index (χ0) is 23.5. The van der Waals surface area contributed by atoms with E-state index in [0.29, 0.717) is 6.42 Å². The van der Waals surface area contributed by atoms with Crippen LogP contribution in [-0.4, -0.2) is 63.8 Å². The van der Waals surface area contributed by atoms with E-state index in [0.717, 1.165) is 0 Å². The number of carbonyl (C=O) groups excluding carboxylic acids is 2. The number of esters is 2. The van der Waals surface area contributed by atoms with Crippen LogP contribution in [0.1, 0.15) is 44.0 Å². The topological polar surface area (TPSA) is 133 Å². The molecule has 0 amide bonds. The number of carbonyl (C=O) groups is 2. The number of rotatable bonds is 15. The molecule has 0 bridgehead atoms. The van der Waals surface area contributed by atoms with Gasteiger partial charge in [-0.2, -0.15) is 0 Å². The number of nitrogens with zero attached hydrogens (tertiary/aromatic N) is 1. The lowest BCUT2D eigenvalue weighted by Crippen LogP contribution is -2.15. The van der Waals surface area contributed by atoms with Crippen LogP contribution in [0, 0.1) is 10.1 Å². The molecule has 11 nitrogen and oxygen atoms in total. The summed E-state index contributed by atoms with van der Waals surface area (Å²) in [6.45, 7) is 6.44. The van der Waals surface area contributed by atoms with E-state index in [1.165, 1.54) is 25.3 Å². The smallest absolute Gasteiger partial charge is 0.338 e. The molecule has 1 aromatic carbocycles. The Labute approximate surface area is 181 Å². The molecule has 0 aliphatic rings. The van der Waals surface area contributed by atoms with Gasteiger partial charge in [0.15, 0.2) is 11.5 Å². The van der Waals surface area contributed by atoms with Crippen molar-refractivity contribution in [2.45, 2.75) is 33.6 Å². The molecule has 176 valence electrons. The molecular weight excluding hydrogens is 414 g/mol. The molecule has 0 aliphatic heterocycles. The van der Waals surface area contributed by atoms with E-state index in [2.05, 4.69) is 4.84 Å². The monoisotopic (exact) mass is 445 g/mol. The first-order chi connectivity index (χ1) is 15.0. The molecule has 0 saturated carbocycles. The van der Waals surface area contributed by atoms with Crippen molar-refractivity contribution in [1.29, 1.82) is 0 Å². The second kappa shape index (κ2) is 17.9. The quantitative estimate of drug-likeness (QED) is 0.130. The fourth-order valence-corrected chi connectivity index (χ4v) is 2.03. The highest BCUT2D eigenvalue weighted by Crippen LogP contribution is 2.28. The third-order valence-electron chi connectivity index (χ3n) is 3.33. The van der Waals surface area contributed by atoms with Gasteiger partial charge >= 0.3 is 11.9 Å². The summed E-state index contributed by atoms with van der Waals surface area (Å²) in [5.41, 5.74) is 0.242. The SMILES string of the molecule is CC.CCCC(=O)Oc1ccc(C(=O)OCCOCCOCCO[N+](=O)[O-])cc1OC. The summed E-state index contributed by atoms with van der Waals surface area (Å²) >= 11 is 0. The number of benzene rings is 1. The van der Waals surface area contributed by atoms with E-state index in [1.54, 1.807) is 0 Å². The van der Waals surface area contributed by atoms with Gasteiger partial charge in [-0.3, -0.25) is 4.79 Å². The minimum Gasteiger partial charge on any atom is -0.493 e. The molecule has 31 heavy (non-hydrogen) atoms. The minimum atomic E-state index is -0.893. The van der Waals surface area contributed by atoms with Gasteiger partial charge in [0.05, 0.1) is 39.1 Å². The van der Waals surface area contributed by atoms with E-state index >= 15 is 0 Å². The van der Waals surface area contributed by atoms with Crippen LogP contribution >= 0.6 is 0 Å². The highest BCUT2D eigenvalue weighted by molar-refractivity contribution is 5.90. The average molecular weight is 445 g/mol. The fraction of sp³-hybridized carbons (Fsp3) is 0.600. The van der Waals surface area contributed by atoms with Gasteiger partial charge in [0, 0.05) is 6.42 Å². The van der Waals surface area contributed by atoms with Crippen molar-refractivity contribution in [3.63, 3.8) is 0 Å². The summed E-state index contributed by atoms with van der Waals surface area (Å²) in [6, 6.07) is 4.37. The maximum Gasteiger partial charge on any atom is 0.338 e. The molecule has 0 heterocycles. The van der Waals surface area contributed by atoms with Gasteiger partial charge in [-0.15, -0.1) is 10.1 Å². The Balaban J connectivity index is 0.00000436. The first kappa shape index (κ1) is 28.1. The summed E-state index contributed by atoms with van der Waals surface area (Å²) in [5, 5.41) is 9.03. The Kier molecular flexibility index (Phi) is 16.2. The molecule has 0 aliphatic carbocycles. The highest BCUT2D eigenvalue weighted by atomic mass is 17.0. The molecule has 0 aromatic heterocycles. The molecule has 1 aromatic rings. The summed E-state index contributed by atoms with van der Waals surface area (Å²) in [4.78, 5) is 37.7. The molecule has 1 rings (SSSR count). The van der Waals surface area contributed by atoms with Crippen LogP contribution < -0.4 is 9.47 Å². The summed E-state index contributed by atoms with van der Waals surface area (Å²) in [5.74, 6) is -0.480. The molecule has 0 saturated heterocycles. The van der Waals surface area contributed by atoms with E-state index in [-0.39, 0.29) is 69.1 Å². The van der Waals surface area contributed by atoms with Crippen molar-refractivity contribution in [3.8, 4) is 11.5 Å². The predicted molar refractivity (Wildman–Crippen MR) is 110 cm³/mol. The van der Waals surface area contributed by atoms with Gasteiger partial charge in [-0.1, -0.05) is 20.8 Å². The summed E-state index contributed by atoms with van der Waals surface area (Å²) in [6.07, 6.45) is 0.945. The van der Waals surface area contributed by atoms with Crippen LogP contribution in [0.4, 0.5) is 0 Å². The first-order valence-electron chi connectivity index (χ1n) is 9.96. The third kappa shape index (κ3) is 13.1. The number of hydrogen-bond donors (Lipinski definition) is 0. The minimum absolute atomic E-state index is 0.0266. The molecule has 0 spiro atoms. The van der Waals surface area contributed by atoms with Crippen molar-refractivity contribution in [1.82, 2.24) is 0 Å². The van der Waals surface area contributed by atoms with Crippen LogP contribution in [-0.2, 0) is 23.8 Å². The molecule has 0 atom stereocenters. The molecular formula is C20H31NO10. The molecule has 0 fully saturated rings. The van der Waals surface area contributed by atoms with Gasteiger partial charge in [0.25, 0.3) is 5.09 Å². The molecule has 0 N–H and O–H groups in total. The highest BCUT2D eigenvalue weighted by Gasteiger charge is 2.14. The first-order valence-corrected chi connectivity index (χ1v) is 9.96. The number of ether oxygens (including phenoxy) is 5. The lowest BCUT2D eigenvalue weighted by Gasteiger charge is -2.11. The van der Waals surface area contributed by atoms with E-state index < -0.39 is 11.1 Å². The van der Waals surface area contributed by atoms with E-state index in [1.807, 2.05) is 20.8 Å². The summed E-state index contributed by atoms with van der Waals surface area (Å²) in [7, 11) is 1.40. The van der Waals surface area contributed by atoms with Crippen molar-refractivity contribution in [2.24, 2.45) is 0 Å². The van der Waals surface area contributed by atoms with Gasteiger partial charge in [0.2, 0.25) is 0 Å². The van der Waals surface area contributed by atoms with Gasteiger partial charge < -0.3 is 28.5 Å². The van der Waals surface area contributed by atoms with E-state index in [9.17, 15) is 19.7 Å². The number of hydrogen-bond acceptors (Lipinski definition) is 10. The van der Waals surface area contributed by atoms with Crippen LogP contribution in [0.5, 0.6) is 11.5 Å². The van der Waals surface area contributed by atoms with Gasteiger partial charge in [-0.05, 0) is 24.6 Å². The van der Waals surface area contributed by atoms with Crippen molar-refractivity contribution in [2.75, 3.05) is 46.8 Å². The maximum atomic E-state index is 12.1. The lowest BCUT2D eigenvalue weighted by molar-refractivity contribution is -0.758. The zero-order valence-electron chi connectivity index (χ0n) is 18.4. The molecule has 0 unspecified atom stereocenters. The Morgan fingerprint density at radius 3 is 2.16 bits per heavy atom. The second-order valence-electron chi connectivity index (χ2n) is 5.51. The van der Waals surface area contributed by atoms with Crippen LogP contribution in [0.25, 0.3) is 0 Å². The number of methoxy groups -OCH3 is 1. The third-order valence-corrected chi connectivity index (χ3v) is 3.33.